The first-order valence-corrected chi connectivity index (χ1v) is 7.44. The SMILES string of the molecule is CC(C)Oc1ccc(CNC(=O)[C@H]2NCCO[C@@H]2C)cc1.Cl. The number of carbonyl (C=O) groups is 1. The highest BCUT2D eigenvalue weighted by Crippen LogP contribution is 2.14. The third-order valence-electron chi connectivity index (χ3n) is 3.36. The van der Waals surface area contributed by atoms with Gasteiger partial charge in [-0.3, -0.25) is 4.79 Å². The molecule has 1 saturated heterocycles. The van der Waals surface area contributed by atoms with Crippen molar-refractivity contribution in [3.63, 3.8) is 0 Å². The summed E-state index contributed by atoms with van der Waals surface area (Å²) in [7, 11) is 0. The molecular weight excluding hydrogens is 304 g/mol. The van der Waals surface area contributed by atoms with E-state index >= 15 is 0 Å². The molecule has 6 heteroatoms. The summed E-state index contributed by atoms with van der Waals surface area (Å²) >= 11 is 0. The Morgan fingerprint density at radius 1 is 1.41 bits per heavy atom. The topological polar surface area (TPSA) is 59.6 Å². The van der Waals surface area contributed by atoms with Crippen molar-refractivity contribution in [3.05, 3.63) is 29.8 Å². The molecule has 1 amide bonds. The number of nitrogens with one attached hydrogen (secondary N) is 2. The first kappa shape index (κ1) is 18.7. The van der Waals surface area contributed by atoms with Gasteiger partial charge in [-0.2, -0.15) is 0 Å². The number of amides is 1. The maximum absolute atomic E-state index is 12.1. The van der Waals surface area contributed by atoms with Gasteiger partial charge in [-0.05, 0) is 38.5 Å². The molecule has 1 aromatic carbocycles. The number of carbonyl (C=O) groups excluding carboxylic acids is 1. The Hall–Kier alpha value is -1.30. The van der Waals surface area contributed by atoms with Crippen molar-refractivity contribution in [2.45, 2.75) is 45.6 Å². The zero-order valence-electron chi connectivity index (χ0n) is 13.3. The van der Waals surface area contributed by atoms with E-state index in [1.54, 1.807) is 0 Å². The number of benzene rings is 1. The lowest BCUT2D eigenvalue weighted by Crippen LogP contribution is -2.55. The molecule has 1 fully saturated rings. The molecule has 124 valence electrons. The fourth-order valence-electron chi connectivity index (χ4n) is 2.28. The van der Waals surface area contributed by atoms with Crippen LogP contribution in [0.3, 0.4) is 0 Å². The minimum Gasteiger partial charge on any atom is -0.491 e. The van der Waals surface area contributed by atoms with Gasteiger partial charge in [0.05, 0.1) is 18.8 Å². The normalized spacial score (nSPS) is 21.1. The van der Waals surface area contributed by atoms with Gasteiger partial charge in [-0.25, -0.2) is 0 Å². The van der Waals surface area contributed by atoms with Crippen molar-refractivity contribution in [1.82, 2.24) is 10.6 Å². The summed E-state index contributed by atoms with van der Waals surface area (Å²) in [5.74, 6) is 0.820. The van der Waals surface area contributed by atoms with Crippen LogP contribution in [0.5, 0.6) is 5.75 Å². The number of hydrogen-bond acceptors (Lipinski definition) is 4. The highest BCUT2D eigenvalue weighted by Gasteiger charge is 2.27. The smallest absolute Gasteiger partial charge is 0.240 e. The van der Waals surface area contributed by atoms with Crippen LogP contribution in [-0.4, -0.2) is 37.3 Å². The van der Waals surface area contributed by atoms with Crippen LogP contribution in [0, 0.1) is 0 Å². The van der Waals surface area contributed by atoms with Gasteiger partial charge in [-0.1, -0.05) is 12.1 Å². The van der Waals surface area contributed by atoms with Crippen molar-refractivity contribution in [3.8, 4) is 5.75 Å². The molecule has 2 rings (SSSR count). The number of rotatable bonds is 5. The molecule has 0 unspecified atom stereocenters. The van der Waals surface area contributed by atoms with Gasteiger partial charge in [0, 0.05) is 13.1 Å². The zero-order valence-corrected chi connectivity index (χ0v) is 14.1. The Bertz CT molecular complexity index is 465. The molecule has 0 bridgehead atoms. The first-order chi connectivity index (χ1) is 10.1. The molecule has 1 aromatic rings. The summed E-state index contributed by atoms with van der Waals surface area (Å²) in [5.41, 5.74) is 1.05. The van der Waals surface area contributed by atoms with Gasteiger partial charge in [0.1, 0.15) is 11.8 Å². The van der Waals surface area contributed by atoms with Gasteiger partial charge >= 0.3 is 0 Å². The standard InChI is InChI=1S/C16H24N2O3.ClH/c1-11(2)21-14-6-4-13(5-7-14)10-18-16(19)15-12(3)20-9-8-17-15;/h4-7,11-12,15,17H,8-10H2,1-3H3,(H,18,19);1H/t12-,15+;/m1./s1. The monoisotopic (exact) mass is 328 g/mol. The van der Waals surface area contributed by atoms with E-state index in [1.165, 1.54) is 0 Å². The molecule has 0 aliphatic carbocycles. The number of hydrogen-bond donors (Lipinski definition) is 2. The summed E-state index contributed by atoms with van der Waals surface area (Å²) in [6.45, 7) is 7.77. The predicted molar refractivity (Wildman–Crippen MR) is 88.5 cm³/mol. The van der Waals surface area contributed by atoms with Crippen molar-refractivity contribution in [2.75, 3.05) is 13.2 Å². The summed E-state index contributed by atoms with van der Waals surface area (Å²) in [5, 5.41) is 6.12. The second kappa shape index (κ2) is 8.98. The maximum atomic E-state index is 12.1. The van der Waals surface area contributed by atoms with E-state index in [-0.39, 0.29) is 36.6 Å². The van der Waals surface area contributed by atoms with Crippen LogP contribution in [0.15, 0.2) is 24.3 Å². The van der Waals surface area contributed by atoms with E-state index in [1.807, 2.05) is 45.0 Å². The molecule has 2 N–H and O–H groups in total. The Morgan fingerprint density at radius 2 is 2.09 bits per heavy atom. The van der Waals surface area contributed by atoms with E-state index in [4.69, 9.17) is 9.47 Å². The van der Waals surface area contributed by atoms with Gasteiger partial charge in [0.15, 0.2) is 0 Å². The molecular formula is C16H25ClN2O3. The van der Waals surface area contributed by atoms with Crippen LogP contribution in [0.2, 0.25) is 0 Å². The van der Waals surface area contributed by atoms with Crippen LogP contribution in [-0.2, 0) is 16.1 Å². The number of ether oxygens (including phenoxy) is 2. The second-order valence-electron chi connectivity index (χ2n) is 5.54. The molecule has 0 saturated carbocycles. The summed E-state index contributed by atoms with van der Waals surface area (Å²) < 4.78 is 11.1. The summed E-state index contributed by atoms with van der Waals surface area (Å²) in [4.78, 5) is 12.1. The van der Waals surface area contributed by atoms with Gasteiger partial charge in [-0.15, -0.1) is 12.4 Å². The Balaban J connectivity index is 0.00000242. The summed E-state index contributed by atoms with van der Waals surface area (Å²) in [6.07, 6.45) is 0.0648. The lowest BCUT2D eigenvalue weighted by atomic mass is 10.1. The van der Waals surface area contributed by atoms with E-state index < -0.39 is 0 Å². The van der Waals surface area contributed by atoms with Crippen molar-refractivity contribution >= 4 is 18.3 Å². The molecule has 2 atom stereocenters. The van der Waals surface area contributed by atoms with Crippen LogP contribution in [0.4, 0.5) is 0 Å². The van der Waals surface area contributed by atoms with E-state index in [9.17, 15) is 4.79 Å². The molecule has 0 aromatic heterocycles. The van der Waals surface area contributed by atoms with Gasteiger partial charge in [0.2, 0.25) is 5.91 Å². The second-order valence-corrected chi connectivity index (χ2v) is 5.54. The lowest BCUT2D eigenvalue weighted by Gasteiger charge is -2.29. The van der Waals surface area contributed by atoms with Crippen LogP contribution >= 0.6 is 12.4 Å². The average molecular weight is 329 g/mol. The first-order valence-electron chi connectivity index (χ1n) is 7.44. The van der Waals surface area contributed by atoms with Gasteiger partial charge < -0.3 is 20.1 Å². The maximum Gasteiger partial charge on any atom is 0.240 e. The average Bonchev–Trinajstić information content (AvgIpc) is 2.46. The Morgan fingerprint density at radius 3 is 2.68 bits per heavy atom. The molecule has 0 radical (unpaired) electrons. The van der Waals surface area contributed by atoms with Crippen molar-refractivity contribution in [1.29, 1.82) is 0 Å². The zero-order chi connectivity index (χ0) is 15.2. The quantitative estimate of drug-likeness (QED) is 0.866. The number of morpholine rings is 1. The highest BCUT2D eigenvalue weighted by atomic mass is 35.5. The van der Waals surface area contributed by atoms with E-state index in [0.29, 0.717) is 19.7 Å². The minimum absolute atomic E-state index is 0. The minimum atomic E-state index is -0.276. The predicted octanol–water partition coefficient (Wildman–Crippen LogP) is 1.89. The molecule has 1 aliphatic heterocycles. The van der Waals surface area contributed by atoms with Crippen LogP contribution in [0.25, 0.3) is 0 Å². The van der Waals surface area contributed by atoms with Crippen molar-refractivity contribution < 1.29 is 14.3 Å². The number of halogens is 1. The molecule has 5 nitrogen and oxygen atoms in total. The van der Waals surface area contributed by atoms with Crippen molar-refractivity contribution in [2.24, 2.45) is 0 Å². The fraction of sp³-hybridized carbons (Fsp3) is 0.562. The van der Waals surface area contributed by atoms with E-state index in [2.05, 4.69) is 10.6 Å². The molecule has 1 aliphatic rings. The van der Waals surface area contributed by atoms with Gasteiger partial charge in [0.25, 0.3) is 0 Å². The molecule has 0 spiro atoms. The highest BCUT2D eigenvalue weighted by molar-refractivity contribution is 5.85. The molecule has 1 heterocycles. The Kier molecular flexibility index (Phi) is 7.65. The van der Waals surface area contributed by atoms with Crippen LogP contribution in [0.1, 0.15) is 26.3 Å². The molecule has 22 heavy (non-hydrogen) atoms. The Labute approximate surface area is 138 Å². The third-order valence-corrected chi connectivity index (χ3v) is 3.36. The van der Waals surface area contributed by atoms with Crippen LogP contribution < -0.4 is 15.4 Å². The van der Waals surface area contributed by atoms with E-state index in [0.717, 1.165) is 11.3 Å². The fourth-order valence-corrected chi connectivity index (χ4v) is 2.28. The largest absolute Gasteiger partial charge is 0.491 e. The summed E-state index contributed by atoms with van der Waals surface area (Å²) in [6, 6.07) is 7.50. The third kappa shape index (κ3) is 5.48. The lowest BCUT2D eigenvalue weighted by molar-refractivity contribution is -0.129.